The summed E-state index contributed by atoms with van der Waals surface area (Å²) < 4.78 is 0. The van der Waals surface area contributed by atoms with Gasteiger partial charge in [-0.15, -0.1) is 0 Å². The maximum absolute atomic E-state index is 14.3. The number of carbonyl (C=O) groups excluding carboxylic acids is 1. The summed E-state index contributed by atoms with van der Waals surface area (Å²) in [4.78, 5) is 37.4. The van der Waals surface area contributed by atoms with Crippen LogP contribution < -0.4 is 4.90 Å². The molecule has 3 heterocycles. The lowest BCUT2D eigenvalue weighted by Crippen LogP contribution is -2.57. The van der Waals surface area contributed by atoms with Crippen molar-refractivity contribution >= 4 is 22.9 Å². The van der Waals surface area contributed by atoms with Gasteiger partial charge in [0.05, 0.1) is 27.8 Å². The van der Waals surface area contributed by atoms with Gasteiger partial charge in [-0.1, -0.05) is 32.9 Å². The molecule has 164 valence electrons. The van der Waals surface area contributed by atoms with E-state index < -0.39 is 5.41 Å². The molecule has 0 spiro atoms. The maximum Gasteiger partial charge on any atom is 0.235 e. The van der Waals surface area contributed by atoms with Gasteiger partial charge >= 0.3 is 0 Å². The number of carbonyl (C=O) groups is 1. The monoisotopic (exact) mass is 428 g/mol. The lowest BCUT2D eigenvalue weighted by atomic mass is 9.63. The second-order valence-corrected chi connectivity index (χ2v) is 10.1. The summed E-state index contributed by atoms with van der Waals surface area (Å²) in [5.41, 5.74) is 2.68. The Kier molecular flexibility index (Phi) is 3.96. The molecular weight excluding hydrogens is 400 g/mol. The van der Waals surface area contributed by atoms with Gasteiger partial charge in [0.1, 0.15) is 0 Å². The van der Waals surface area contributed by atoms with E-state index in [-0.39, 0.29) is 16.7 Å². The molecular formula is C25H28N6O. The maximum atomic E-state index is 14.3. The van der Waals surface area contributed by atoms with Gasteiger partial charge in [-0.25, -0.2) is 19.9 Å². The van der Waals surface area contributed by atoms with E-state index in [0.29, 0.717) is 13.1 Å². The molecule has 1 aliphatic heterocycles. The van der Waals surface area contributed by atoms with Crippen LogP contribution in [0.4, 0.5) is 5.95 Å². The normalized spacial score (nSPS) is 28.2. The first-order valence-corrected chi connectivity index (χ1v) is 11.5. The summed E-state index contributed by atoms with van der Waals surface area (Å²) in [6, 6.07) is 9.83. The number of hydrogen-bond donors (Lipinski definition) is 0. The molecule has 7 nitrogen and oxygen atoms in total. The van der Waals surface area contributed by atoms with Crippen molar-refractivity contribution in [2.45, 2.75) is 44.4 Å². The predicted molar refractivity (Wildman–Crippen MR) is 122 cm³/mol. The standard InChI is InChI=1S/C25H28N6O/c1-23(2)24(3)9-10-25(23,20-19(24)28-17-7-4-5-8-18(17)29-20)21(32)30-13-15-31(16-14-30)22-26-11-6-12-27-22/h4-8,11-12H,9-10,13-16H2,1-3H3/t24-,25-/m1/s1. The van der Waals surface area contributed by atoms with Crippen LogP contribution in [0.2, 0.25) is 0 Å². The Labute approximate surface area is 187 Å². The van der Waals surface area contributed by atoms with Gasteiger partial charge in [-0.05, 0) is 36.5 Å². The molecule has 2 bridgehead atoms. The minimum atomic E-state index is -0.625. The lowest BCUT2D eigenvalue weighted by molar-refractivity contribution is -0.141. The van der Waals surface area contributed by atoms with Gasteiger partial charge in [0.15, 0.2) is 0 Å². The van der Waals surface area contributed by atoms with Crippen LogP contribution >= 0.6 is 0 Å². The second-order valence-electron chi connectivity index (χ2n) is 10.1. The highest BCUT2D eigenvalue weighted by molar-refractivity contribution is 5.93. The predicted octanol–water partition coefficient (Wildman–Crippen LogP) is 3.10. The quantitative estimate of drug-likeness (QED) is 0.624. The third-order valence-corrected chi connectivity index (χ3v) is 8.71. The van der Waals surface area contributed by atoms with E-state index in [0.717, 1.165) is 54.3 Å². The van der Waals surface area contributed by atoms with E-state index in [1.54, 1.807) is 12.4 Å². The molecule has 0 unspecified atom stereocenters. The minimum absolute atomic E-state index is 0.158. The van der Waals surface area contributed by atoms with E-state index in [4.69, 9.17) is 9.97 Å². The second kappa shape index (κ2) is 6.47. The third-order valence-electron chi connectivity index (χ3n) is 8.71. The number of fused-ring (bicyclic) bond motifs is 6. The Morgan fingerprint density at radius 3 is 2.12 bits per heavy atom. The van der Waals surface area contributed by atoms with Crippen molar-refractivity contribution < 1.29 is 4.79 Å². The summed E-state index contributed by atoms with van der Waals surface area (Å²) in [5.74, 6) is 0.943. The highest BCUT2D eigenvalue weighted by atomic mass is 16.2. The largest absolute Gasteiger partial charge is 0.338 e. The molecule has 2 atom stereocenters. The first-order valence-electron chi connectivity index (χ1n) is 11.5. The Hall–Kier alpha value is -3.09. The van der Waals surface area contributed by atoms with Gasteiger partial charge < -0.3 is 9.80 Å². The van der Waals surface area contributed by atoms with Gasteiger partial charge in [0, 0.05) is 44.0 Å². The molecule has 3 aromatic rings. The zero-order chi connectivity index (χ0) is 22.1. The van der Waals surface area contributed by atoms with Crippen molar-refractivity contribution in [1.29, 1.82) is 0 Å². The summed E-state index contributed by atoms with van der Waals surface area (Å²) in [7, 11) is 0. The molecule has 32 heavy (non-hydrogen) atoms. The molecule has 2 aliphatic carbocycles. The fraction of sp³-hybridized carbons (Fsp3) is 0.480. The summed E-state index contributed by atoms with van der Waals surface area (Å²) in [6.07, 6.45) is 5.32. The zero-order valence-corrected chi connectivity index (χ0v) is 18.9. The molecule has 0 N–H and O–H groups in total. The molecule has 3 aliphatic rings. The number of para-hydroxylation sites is 2. The number of amides is 1. The fourth-order valence-corrected chi connectivity index (χ4v) is 6.35. The van der Waals surface area contributed by atoms with Crippen molar-refractivity contribution in [2.24, 2.45) is 5.41 Å². The summed E-state index contributed by atoms with van der Waals surface area (Å²) in [6.45, 7) is 9.59. The molecule has 1 amide bonds. The van der Waals surface area contributed by atoms with Gasteiger partial charge in [0.25, 0.3) is 0 Å². The van der Waals surface area contributed by atoms with Crippen molar-refractivity contribution in [3.8, 4) is 0 Å². The minimum Gasteiger partial charge on any atom is -0.338 e. The van der Waals surface area contributed by atoms with Crippen LogP contribution in [0.1, 0.15) is 45.0 Å². The molecule has 2 aromatic heterocycles. The van der Waals surface area contributed by atoms with Crippen LogP contribution in [0.15, 0.2) is 42.7 Å². The number of anilines is 1. The number of nitrogens with zero attached hydrogens (tertiary/aromatic N) is 6. The van der Waals surface area contributed by atoms with Gasteiger partial charge in [-0.2, -0.15) is 0 Å². The molecule has 1 saturated heterocycles. The molecule has 0 radical (unpaired) electrons. The number of aromatic nitrogens is 4. The highest BCUT2D eigenvalue weighted by Crippen LogP contribution is 2.70. The molecule has 7 heteroatoms. The van der Waals surface area contributed by atoms with Crippen molar-refractivity contribution in [3.63, 3.8) is 0 Å². The van der Waals surface area contributed by atoms with E-state index in [1.807, 2.05) is 35.2 Å². The smallest absolute Gasteiger partial charge is 0.235 e. The topological polar surface area (TPSA) is 75.1 Å². The number of piperazine rings is 1. The highest BCUT2D eigenvalue weighted by Gasteiger charge is 2.73. The SMILES string of the molecule is CC1(C)[C@]2(C(=O)N3CCN(c4ncccn4)CC3)CC[C@]1(C)c1nc3ccccc3nc12. The van der Waals surface area contributed by atoms with Crippen LogP contribution in [0, 0.1) is 5.41 Å². The van der Waals surface area contributed by atoms with Crippen LogP contribution in [-0.4, -0.2) is 56.9 Å². The number of benzene rings is 1. The Morgan fingerprint density at radius 1 is 0.844 bits per heavy atom. The first kappa shape index (κ1) is 19.6. The van der Waals surface area contributed by atoms with Gasteiger partial charge in [0.2, 0.25) is 11.9 Å². The number of rotatable bonds is 2. The van der Waals surface area contributed by atoms with E-state index in [2.05, 4.69) is 35.6 Å². The van der Waals surface area contributed by atoms with Gasteiger partial charge in [-0.3, -0.25) is 4.79 Å². The first-order chi connectivity index (χ1) is 15.4. The number of hydrogen-bond acceptors (Lipinski definition) is 6. The van der Waals surface area contributed by atoms with Crippen LogP contribution in [0.5, 0.6) is 0 Å². The van der Waals surface area contributed by atoms with E-state index in [9.17, 15) is 4.79 Å². The zero-order valence-electron chi connectivity index (χ0n) is 18.9. The molecule has 2 fully saturated rings. The van der Waals surface area contributed by atoms with E-state index >= 15 is 0 Å². The van der Waals surface area contributed by atoms with E-state index in [1.165, 1.54) is 0 Å². The summed E-state index contributed by atoms with van der Waals surface area (Å²) >= 11 is 0. The van der Waals surface area contributed by atoms with Crippen LogP contribution in [-0.2, 0) is 15.6 Å². The Balaban J connectivity index is 1.38. The average Bonchev–Trinajstić information content (AvgIpc) is 3.13. The molecule has 6 rings (SSSR count). The van der Waals surface area contributed by atoms with Crippen LogP contribution in [0.3, 0.4) is 0 Å². The van der Waals surface area contributed by atoms with Crippen LogP contribution in [0.25, 0.3) is 11.0 Å². The molecule has 1 saturated carbocycles. The van der Waals surface area contributed by atoms with Crippen molar-refractivity contribution in [2.75, 3.05) is 31.1 Å². The fourth-order valence-electron chi connectivity index (χ4n) is 6.35. The average molecular weight is 429 g/mol. The van der Waals surface area contributed by atoms with Crippen molar-refractivity contribution in [3.05, 3.63) is 54.1 Å². The Morgan fingerprint density at radius 2 is 1.47 bits per heavy atom. The molecule has 1 aromatic carbocycles. The lowest BCUT2D eigenvalue weighted by Gasteiger charge is -2.44. The van der Waals surface area contributed by atoms with Crippen molar-refractivity contribution in [1.82, 2.24) is 24.8 Å². The summed E-state index contributed by atoms with van der Waals surface area (Å²) in [5, 5.41) is 0. The third kappa shape index (κ3) is 2.29. The Bertz CT molecular complexity index is 1220.